The molecule has 0 radical (unpaired) electrons. The molecule has 1 heterocycles. The molecular formula is C9H19NO4S. The second-order valence-electron chi connectivity index (χ2n) is 3.13. The van der Waals surface area contributed by atoms with Crippen molar-refractivity contribution in [2.24, 2.45) is 5.92 Å². The lowest BCUT2D eigenvalue weighted by Gasteiger charge is -2.11. The van der Waals surface area contributed by atoms with Crippen LogP contribution in [0.1, 0.15) is 20.3 Å². The summed E-state index contributed by atoms with van der Waals surface area (Å²) in [6, 6.07) is 0. The van der Waals surface area contributed by atoms with Gasteiger partial charge in [-0.3, -0.25) is 4.79 Å². The number of rotatable bonds is 2. The molecule has 1 aliphatic rings. The summed E-state index contributed by atoms with van der Waals surface area (Å²) in [5.74, 6) is -0.620. The zero-order chi connectivity index (χ0) is 12.1. The van der Waals surface area contributed by atoms with Gasteiger partial charge in [0, 0.05) is 13.1 Å². The van der Waals surface area contributed by atoms with E-state index in [0.717, 1.165) is 6.26 Å². The number of methoxy groups -OCH3 is 1. The summed E-state index contributed by atoms with van der Waals surface area (Å²) in [6.07, 6.45) is 1.70. The van der Waals surface area contributed by atoms with E-state index in [1.807, 2.05) is 13.8 Å². The van der Waals surface area contributed by atoms with Gasteiger partial charge in [0.15, 0.2) is 0 Å². The van der Waals surface area contributed by atoms with Crippen molar-refractivity contribution < 1.29 is 17.9 Å². The van der Waals surface area contributed by atoms with Crippen molar-refractivity contribution in [3.8, 4) is 0 Å². The van der Waals surface area contributed by atoms with Gasteiger partial charge < -0.3 is 4.74 Å². The summed E-state index contributed by atoms with van der Waals surface area (Å²) in [6.45, 7) is 4.67. The highest BCUT2D eigenvalue weighted by Crippen LogP contribution is 2.19. The van der Waals surface area contributed by atoms with Crippen LogP contribution in [0.5, 0.6) is 0 Å². The number of carbonyl (C=O) groups excluding carboxylic acids is 1. The lowest BCUT2D eigenvalue weighted by Crippen LogP contribution is -2.29. The molecule has 90 valence electrons. The molecule has 0 spiro atoms. The molecule has 5 nitrogen and oxygen atoms in total. The number of ether oxygens (including phenoxy) is 1. The molecule has 1 unspecified atom stereocenters. The highest BCUT2D eigenvalue weighted by Gasteiger charge is 2.33. The lowest BCUT2D eigenvalue weighted by molar-refractivity contribution is -0.144. The van der Waals surface area contributed by atoms with Crippen LogP contribution in [0.4, 0.5) is 0 Å². The Morgan fingerprint density at radius 1 is 1.40 bits per heavy atom. The summed E-state index contributed by atoms with van der Waals surface area (Å²) in [5, 5.41) is 0. The minimum absolute atomic E-state index is 0.255. The third-order valence-electron chi connectivity index (χ3n) is 2.15. The SMILES string of the molecule is CC.COC(=O)C1CCN(S(C)(=O)=O)C1. The van der Waals surface area contributed by atoms with Crippen molar-refractivity contribution in [1.82, 2.24) is 4.31 Å². The minimum Gasteiger partial charge on any atom is -0.469 e. The molecular weight excluding hydrogens is 218 g/mol. The normalized spacial score (nSPS) is 21.7. The van der Waals surface area contributed by atoms with E-state index in [4.69, 9.17) is 0 Å². The summed E-state index contributed by atoms with van der Waals surface area (Å²) < 4.78 is 28.0. The van der Waals surface area contributed by atoms with E-state index in [9.17, 15) is 13.2 Å². The van der Waals surface area contributed by atoms with Gasteiger partial charge in [0.1, 0.15) is 0 Å². The van der Waals surface area contributed by atoms with E-state index in [0.29, 0.717) is 13.0 Å². The second-order valence-corrected chi connectivity index (χ2v) is 5.11. The predicted octanol–water partition coefficient (Wildman–Crippen LogP) is 0.467. The maximum absolute atomic E-state index is 11.1. The fraction of sp³-hybridized carbons (Fsp3) is 0.889. The Kier molecular flexibility index (Phi) is 5.82. The molecule has 0 aromatic carbocycles. The van der Waals surface area contributed by atoms with Crippen LogP contribution in [0, 0.1) is 5.92 Å². The highest BCUT2D eigenvalue weighted by molar-refractivity contribution is 7.88. The van der Waals surface area contributed by atoms with Gasteiger partial charge in [-0.25, -0.2) is 12.7 Å². The van der Waals surface area contributed by atoms with Crippen molar-refractivity contribution in [2.45, 2.75) is 20.3 Å². The Bertz CT molecular complexity index is 299. The Balaban J connectivity index is 0.000000921. The van der Waals surface area contributed by atoms with E-state index >= 15 is 0 Å². The first-order valence-electron chi connectivity index (χ1n) is 4.98. The molecule has 0 N–H and O–H groups in total. The molecule has 1 fully saturated rings. The molecule has 0 aliphatic carbocycles. The predicted molar refractivity (Wildman–Crippen MR) is 57.9 cm³/mol. The van der Waals surface area contributed by atoms with E-state index in [1.165, 1.54) is 11.4 Å². The first-order chi connectivity index (χ1) is 6.95. The second kappa shape index (κ2) is 6.07. The van der Waals surface area contributed by atoms with Gasteiger partial charge in [0.2, 0.25) is 10.0 Å². The lowest BCUT2D eigenvalue weighted by atomic mass is 10.1. The number of hydrogen-bond donors (Lipinski definition) is 0. The van der Waals surface area contributed by atoms with Crippen LogP contribution in [0.3, 0.4) is 0 Å². The average Bonchev–Trinajstić information content (AvgIpc) is 2.68. The molecule has 1 saturated heterocycles. The molecule has 15 heavy (non-hydrogen) atoms. The van der Waals surface area contributed by atoms with E-state index in [2.05, 4.69) is 4.74 Å². The third kappa shape index (κ3) is 4.17. The largest absolute Gasteiger partial charge is 0.469 e. The molecule has 1 aliphatic heterocycles. The molecule has 6 heteroatoms. The number of sulfonamides is 1. The summed E-state index contributed by atoms with van der Waals surface area (Å²) in [4.78, 5) is 11.0. The van der Waals surface area contributed by atoms with Gasteiger partial charge in [0.25, 0.3) is 0 Å². The minimum atomic E-state index is -3.15. The smallest absolute Gasteiger partial charge is 0.310 e. The Morgan fingerprint density at radius 2 is 1.93 bits per heavy atom. The van der Waals surface area contributed by atoms with Crippen LogP contribution < -0.4 is 0 Å². The average molecular weight is 237 g/mol. The van der Waals surface area contributed by atoms with Crippen molar-refractivity contribution in [2.75, 3.05) is 26.5 Å². The number of carbonyl (C=O) groups is 1. The molecule has 0 amide bonds. The van der Waals surface area contributed by atoms with Crippen molar-refractivity contribution >= 4 is 16.0 Å². The summed E-state index contributed by atoms with van der Waals surface area (Å²) >= 11 is 0. The Labute approximate surface area is 91.5 Å². The van der Waals surface area contributed by atoms with E-state index in [1.54, 1.807) is 0 Å². The third-order valence-corrected chi connectivity index (χ3v) is 3.42. The number of nitrogens with zero attached hydrogens (tertiary/aromatic N) is 1. The van der Waals surface area contributed by atoms with Crippen molar-refractivity contribution in [3.05, 3.63) is 0 Å². The highest BCUT2D eigenvalue weighted by atomic mass is 32.2. The quantitative estimate of drug-likeness (QED) is 0.655. The Morgan fingerprint density at radius 3 is 2.27 bits per heavy atom. The summed E-state index contributed by atoms with van der Waals surface area (Å²) in [5.41, 5.74) is 0. The maximum Gasteiger partial charge on any atom is 0.310 e. The molecule has 0 saturated carbocycles. The van der Waals surface area contributed by atoms with Crippen LogP contribution in [-0.4, -0.2) is 45.1 Å². The van der Waals surface area contributed by atoms with Crippen molar-refractivity contribution in [3.63, 3.8) is 0 Å². The maximum atomic E-state index is 11.1. The zero-order valence-electron chi connectivity index (χ0n) is 9.69. The van der Waals surface area contributed by atoms with Gasteiger partial charge in [-0.1, -0.05) is 13.8 Å². The standard InChI is InChI=1S/C7H13NO4S.C2H6/c1-12-7(9)6-3-4-8(5-6)13(2,10)11;1-2/h6H,3-5H2,1-2H3;1-2H3. The Hall–Kier alpha value is -0.620. The van der Waals surface area contributed by atoms with E-state index in [-0.39, 0.29) is 18.4 Å². The number of hydrogen-bond acceptors (Lipinski definition) is 4. The van der Waals surface area contributed by atoms with Crippen LogP contribution in [0.2, 0.25) is 0 Å². The topological polar surface area (TPSA) is 63.7 Å². The van der Waals surface area contributed by atoms with Gasteiger partial charge in [0.05, 0.1) is 19.3 Å². The van der Waals surface area contributed by atoms with Crippen LogP contribution >= 0.6 is 0 Å². The van der Waals surface area contributed by atoms with E-state index < -0.39 is 10.0 Å². The summed E-state index contributed by atoms with van der Waals surface area (Å²) in [7, 11) is -1.84. The molecule has 0 aromatic rings. The van der Waals surface area contributed by atoms with Gasteiger partial charge >= 0.3 is 5.97 Å². The van der Waals surface area contributed by atoms with Crippen LogP contribution in [0.25, 0.3) is 0 Å². The van der Waals surface area contributed by atoms with Crippen LogP contribution in [0.15, 0.2) is 0 Å². The van der Waals surface area contributed by atoms with Gasteiger partial charge in [-0.15, -0.1) is 0 Å². The van der Waals surface area contributed by atoms with Gasteiger partial charge in [-0.05, 0) is 6.42 Å². The zero-order valence-corrected chi connectivity index (χ0v) is 10.5. The monoisotopic (exact) mass is 237 g/mol. The first kappa shape index (κ1) is 14.4. The molecule has 0 bridgehead atoms. The van der Waals surface area contributed by atoms with Gasteiger partial charge in [-0.2, -0.15) is 0 Å². The van der Waals surface area contributed by atoms with Crippen LogP contribution in [-0.2, 0) is 19.6 Å². The fourth-order valence-electron chi connectivity index (χ4n) is 1.39. The molecule has 0 aromatic heterocycles. The molecule has 1 rings (SSSR count). The first-order valence-corrected chi connectivity index (χ1v) is 6.83. The van der Waals surface area contributed by atoms with Crippen molar-refractivity contribution in [1.29, 1.82) is 0 Å². The fourth-order valence-corrected chi connectivity index (χ4v) is 2.28. The molecule has 1 atom stereocenters. The number of esters is 1.